The molecule has 0 aromatic heterocycles. The predicted molar refractivity (Wildman–Crippen MR) is 127 cm³/mol. The fraction of sp³-hybridized carbons (Fsp3) is 0.321. The van der Waals surface area contributed by atoms with Crippen LogP contribution in [-0.2, 0) is 6.54 Å². The third kappa shape index (κ3) is 5.21. The highest BCUT2D eigenvalue weighted by Crippen LogP contribution is 2.34. The number of piperazine rings is 1. The molecular weight excluding hydrogens is 418 g/mol. The Labute approximate surface area is 194 Å². The molecule has 1 saturated heterocycles. The summed E-state index contributed by atoms with van der Waals surface area (Å²) in [5.74, 6) is -0.282. The second-order valence-electron chi connectivity index (χ2n) is 9.00. The SMILES string of the molecule is CC(=O)c1ccc(C(c2cccc(C)c2)N2C[C@@H](F)N(Cc3ccccc3F)C[C@@H]2C)cc1. The molecule has 1 aliphatic heterocycles. The number of alkyl halides is 1. The van der Waals surface area contributed by atoms with Crippen molar-refractivity contribution in [3.05, 3.63) is 106 Å². The maximum absolute atomic E-state index is 15.4. The number of aryl methyl sites for hydroxylation is 1. The van der Waals surface area contributed by atoms with Crippen LogP contribution in [-0.4, -0.2) is 41.0 Å². The first kappa shape index (κ1) is 23.3. The molecule has 3 aromatic rings. The molecule has 0 bridgehead atoms. The highest BCUT2D eigenvalue weighted by Gasteiger charge is 2.37. The van der Waals surface area contributed by atoms with Gasteiger partial charge in [-0.3, -0.25) is 14.6 Å². The molecule has 3 aromatic carbocycles. The molecule has 3 atom stereocenters. The van der Waals surface area contributed by atoms with E-state index in [1.165, 1.54) is 6.07 Å². The van der Waals surface area contributed by atoms with E-state index < -0.39 is 6.30 Å². The van der Waals surface area contributed by atoms with Crippen molar-refractivity contribution in [3.8, 4) is 0 Å². The number of ketones is 1. The van der Waals surface area contributed by atoms with Crippen molar-refractivity contribution < 1.29 is 13.6 Å². The zero-order chi connectivity index (χ0) is 23.5. The molecule has 0 saturated carbocycles. The van der Waals surface area contributed by atoms with Gasteiger partial charge in [-0.25, -0.2) is 8.78 Å². The topological polar surface area (TPSA) is 23.6 Å². The number of carbonyl (C=O) groups is 1. The Morgan fingerprint density at radius 1 is 1.00 bits per heavy atom. The second-order valence-corrected chi connectivity index (χ2v) is 9.00. The minimum Gasteiger partial charge on any atom is -0.295 e. The number of halogens is 2. The average Bonchev–Trinajstić information content (AvgIpc) is 2.79. The monoisotopic (exact) mass is 448 g/mol. The van der Waals surface area contributed by atoms with Crippen molar-refractivity contribution in [3.63, 3.8) is 0 Å². The molecular formula is C28H30F2N2O. The van der Waals surface area contributed by atoms with Crippen molar-refractivity contribution in [1.82, 2.24) is 9.80 Å². The highest BCUT2D eigenvalue weighted by molar-refractivity contribution is 5.94. The molecule has 5 heteroatoms. The Hall–Kier alpha value is -2.89. The lowest BCUT2D eigenvalue weighted by Gasteiger charge is -2.46. The maximum atomic E-state index is 15.4. The van der Waals surface area contributed by atoms with Gasteiger partial charge in [-0.15, -0.1) is 0 Å². The minimum atomic E-state index is -1.22. The van der Waals surface area contributed by atoms with Crippen LogP contribution in [0.15, 0.2) is 72.8 Å². The van der Waals surface area contributed by atoms with Crippen molar-refractivity contribution in [1.29, 1.82) is 0 Å². The molecule has 4 rings (SSSR count). The van der Waals surface area contributed by atoms with Crippen molar-refractivity contribution in [2.24, 2.45) is 0 Å². The van der Waals surface area contributed by atoms with E-state index in [0.29, 0.717) is 17.7 Å². The van der Waals surface area contributed by atoms with Gasteiger partial charge < -0.3 is 0 Å². The Morgan fingerprint density at radius 3 is 2.39 bits per heavy atom. The van der Waals surface area contributed by atoms with Gasteiger partial charge in [0.05, 0.1) is 6.04 Å². The van der Waals surface area contributed by atoms with Gasteiger partial charge in [0.25, 0.3) is 0 Å². The third-order valence-electron chi connectivity index (χ3n) is 6.48. The van der Waals surface area contributed by atoms with Crippen LogP contribution in [0.25, 0.3) is 0 Å². The van der Waals surface area contributed by atoms with Gasteiger partial charge in [-0.1, -0.05) is 72.3 Å². The summed E-state index contributed by atoms with van der Waals surface area (Å²) in [4.78, 5) is 15.7. The van der Waals surface area contributed by atoms with Crippen LogP contribution < -0.4 is 0 Å². The van der Waals surface area contributed by atoms with Gasteiger partial charge in [0.2, 0.25) is 0 Å². The van der Waals surface area contributed by atoms with E-state index in [2.05, 4.69) is 24.0 Å². The highest BCUT2D eigenvalue weighted by atomic mass is 19.1. The molecule has 0 N–H and O–H groups in total. The lowest BCUT2D eigenvalue weighted by Crippen LogP contribution is -2.56. The molecule has 0 radical (unpaired) electrons. The molecule has 1 unspecified atom stereocenters. The molecule has 0 aliphatic carbocycles. The minimum absolute atomic E-state index is 0.0209. The number of nitrogens with zero attached hydrogens (tertiary/aromatic N) is 2. The van der Waals surface area contributed by atoms with E-state index in [0.717, 1.165) is 16.7 Å². The first-order valence-corrected chi connectivity index (χ1v) is 11.4. The van der Waals surface area contributed by atoms with Crippen molar-refractivity contribution in [2.75, 3.05) is 13.1 Å². The van der Waals surface area contributed by atoms with Gasteiger partial charge in [0, 0.05) is 36.8 Å². The van der Waals surface area contributed by atoms with Crippen LogP contribution in [0.2, 0.25) is 0 Å². The van der Waals surface area contributed by atoms with E-state index in [4.69, 9.17) is 0 Å². The number of hydrogen-bond acceptors (Lipinski definition) is 3. The maximum Gasteiger partial charge on any atom is 0.166 e. The summed E-state index contributed by atoms with van der Waals surface area (Å²) in [6.45, 7) is 6.64. The van der Waals surface area contributed by atoms with E-state index in [1.807, 2.05) is 43.3 Å². The Balaban J connectivity index is 1.63. The largest absolute Gasteiger partial charge is 0.295 e. The molecule has 1 aliphatic rings. The lowest BCUT2D eigenvalue weighted by atomic mass is 9.92. The van der Waals surface area contributed by atoms with Crippen molar-refractivity contribution in [2.45, 2.75) is 45.7 Å². The summed E-state index contributed by atoms with van der Waals surface area (Å²) < 4.78 is 29.6. The van der Waals surface area contributed by atoms with E-state index >= 15 is 4.39 Å². The summed E-state index contributed by atoms with van der Waals surface area (Å²) in [5, 5.41) is 0. The summed E-state index contributed by atoms with van der Waals surface area (Å²) in [6, 6.07) is 22.4. The van der Waals surface area contributed by atoms with Crippen LogP contribution in [0.3, 0.4) is 0 Å². The smallest absolute Gasteiger partial charge is 0.166 e. The Kier molecular flexibility index (Phi) is 7.01. The van der Waals surface area contributed by atoms with Gasteiger partial charge in [-0.2, -0.15) is 0 Å². The zero-order valence-corrected chi connectivity index (χ0v) is 19.3. The number of benzene rings is 3. The van der Waals surface area contributed by atoms with E-state index in [1.54, 1.807) is 30.0 Å². The Bertz CT molecular complexity index is 1110. The fourth-order valence-electron chi connectivity index (χ4n) is 4.71. The van der Waals surface area contributed by atoms with E-state index in [9.17, 15) is 9.18 Å². The molecule has 1 fully saturated rings. The quantitative estimate of drug-likeness (QED) is 0.345. The zero-order valence-electron chi connectivity index (χ0n) is 19.3. The van der Waals surface area contributed by atoms with Gasteiger partial charge in [0.15, 0.2) is 12.1 Å². The first-order valence-electron chi connectivity index (χ1n) is 11.4. The molecule has 3 nitrogen and oxygen atoms in total. The average molecular weight is 449 g/mol. The molecule has 0 spiro atoms. The second kappa shape index (κ2) is 9.94. The van der Waals surface area contributed by atoms with Crippen molar-refractivity contribution >= 4 is 5.78 Å². The van der Waals surface area contributed by atoms with Crippen LogP contribution >= 0.6 is 0 Å². The summed E-state index contributed by atoms with van der Waals surface area (Å²) in [7, 11) is 0. The summed E-state index contributed by atoms with van der Waals surface area (Å²) in [5.41, 5.74) is 4.42. The van der Waals surface area contributed by atoms with Crippen LogP contribution in [0.4, 0.5) is 8.78 Å². The number of carbonyl (C=O) groups excluding carboxylic acids is 1. The normalized spacial score (nSPS) is 20.5. The van der Waals surface area contributed by atoms with Crippen LogP contribution in [0.1, 0.15) is 52.5 Å². The summed E-state index contributed by atoms with van der Waals surface area (Å²) in [6.07, 6.45) is -1.22. The van der Waals surface area contributed by atoms with Gasteiger partial charge in [-0.05, 0) is 38.0 Å². The third-order valence-corrected chi connectivity index (χ3v) is 6.48. The predicted octanol–water partition coefficient (Wildman–Crippen LogP) is 5.93. The lowest BCUT2D eigenvalue weighted by molar-refractivity contribution is -0.0446. The van der Waals surface area contributed by atoms with Gasteiger partial charge in [0.1, 0.15) is 5.82 Å². The molecule has 172 valence electrons. The van der Waals surface area contributed by atoms with E-state index in [-0.39, 0.29) is 36.8 Å². The molecule has 1 heterocycles. The van der Waals surface area contributed by atoms with Crippen LogP contribution in [0.5, 0.6) is 0 Å². The Morgan fingerprint density at radius 2 is 1.73 bits per heavy atom. The summed E-state index contributed by atoms with van der Waals surface area (Å²) >= 11 is 0. The standard InChI is InChI=1S/C28H30F2N2O/c1-19-7-6-9-24(15-19)28(23-13-11-22(12-14-23)21(3)33)32-18-27(30)31(16-20(32)2)17-25-8-4-5-10-26(25)29/h4-15,20,27-28H,16-18H2,1-3H3/t20-,27-,28?/m0/s1. The number of hydrogen-bond donors (Lipinski definition) is 0. The van der Waals surface area contributed by atoms with Crippen LogP contribution in [0, 0.1) is 12.7 Å². The number of Topliss-reactive ketones (excluding diaryl/α,β-unsaturated/α-hetero) is 1. The van der Waals surface area contributed by atoms with Gasteiger partial charge >= 0.3 is 0 Å². The first-order chi connectivity index (χ1) is 15.8. The molecule has 33 heavy (non-hydrogen) atoms. The molecule has 0 amide bonds. The fourth-order valence-corrected chi connectivity index (χ4v) is 4.71. The number of rotatable bonds is 6.